The van der Waals surface area contributed by atoms with Crippen LogP contribution in [0.4, 0.5) is 0 Å². The minimum atomic E-state index is -0.542. The zero-order valence-electron chi connectivity index (χ0n) is 15.4. The smallest absolute Gasteiger partial charge is 0.246 e. The van der Waals surface area contributed by atoms with Gasteiger partial charge >= 0.3 is 0 Å². The van der Waals surface area contributed by atoms with Gasteiger partial charge < -0.3 is 15.5 Å². The van der Waals surface area contributed by atoms with Gasteiger partial charge in [0.05, 0.1) is 6.54 Å². The molecular weight excluding hydrogens is 366 g/mol. The number of fused-ring (bicyclic) bond motifs is 1. The van der Waals surface area contributed by atoms with Gasteiger partial charge in [0.25, 0.3) is 0 Å². The van der Waals surface area contributed by atoms with E-state index in [1.807, 2.05) is 10.3 Å². The van der Waals surface area contributed by atoms with E-state index in [0.29, 0.717) is 19.6 Å². The number of carbonyl (C=O) groups is 3. The lowest BCUT2D eigenvalue weighted by molar-refractivity contribution is -0.136. The molecule has 27 heavy (non-hydrogen) atoms. The fourth-order valence-electron chi connectivity index (χ4n) is 4.05. The first-order valence-electron chi connectivity index (χ1n) is 9.48. The second-order valence-corrected chi connectivity index (χ2v) is 8.71. The maximum Gasteiger partial charge on any atom is 0.246 e. The molecule has 146 valence electrons. The predicted molar refractivity (Wildman–Crippen MR) is 99.8 cm³/mol. The minimum absolute atomic E-state index is 0.0152. The summed E-state index contributed by atoms with van der Waals surface area (Å²) >= 11 is 1.59. The lowest BCUT2D eigenvalue weighted by Gasteiger charge is -2.24. The molecule has 3 atom stereocenters. The number of carbonyl (C=O) groups excluding carboxylic acids is 3. The number of thiazole rings is 1. The molecule has 1 aromatic rings. The molecule has 3 aliphatic rings. The largest absolute Gasteiger partial charge is 0.352 e. The van der Waals surface area contributed by atoms with Crippen molar-refractivity contribution in [1.29, 1.82) is 0 Å². The summed E-state index contributed by atoms with van der Waals surface area (Å²) in [7, 11) is 0. The Morgan fingerprint density at radius 3 is 2.74 bits per heavy atom. The van der Waals surface area contributed by atoms with Crippen LogP contribution in [-0.2, 0) is 20.9 Å². The third kappa shape index (κ3) is 4.30. The van der Waals surface area contributed by atoms with Crippen LogP contribution in [0.2, 0.25) is 0 Å². The first-order valence-corrected chi connectivity index (χ1v) is 10.4. The van der Waals surface area contributed by atoms with Crippen LogP contribution in [0.5, 0.6) is 0 Å². The van der Waals surface area contributed by atoms with Gasteiger partial charge in [0.15, 0.2) is 0 Å². The van der Waals surface area contributed by atoms with Crippen molar-refractivity contribution in [3.05, 3.63) is 16.6 Å². The maximum atomic E-state index is 13.1. The molecule has 1 aromatic heterocycles. The summed E-state index contributed by atoms with van der Waals surface area (Å²) in [5.41, 5.74) is 0. The zero-order valence-corrected chi connectivity index (χ0v) is 16.2. The standard InChI is InChI=1S/C18H25N5O3S/c1-11(24)20-13-6-14-8-22(10-16-19-4-5-27-16)9-15(18(26)23(14)7-13)21-17(25)12-2-3-12/h4-5,12-15H,2-3,6-10H2,1H3,(H,20,24)(H,21,25)/t13-,14-,15-/m0/s1. The summed E-state index contributed by atoms with van der Waals surface area (Å²) in [4.78, 5) is 45.3. The summed E-state index contributed by atoms with van der Waals surface area (Å²) in [5, 5.41) is 8.85. The van der Waals surface area contributed by atoms with E-state index in [0.717, 1.165) is 30.8 Å². The van der Waals surface area contributed by atoms with Crippen molar-refractivity contribution in [2.45, 2.75) is 50.9 Å². The molecule has 3 heterocycles. The van der Waals surface area contributed by atoms with Crippen LogP contribution in [0, 0.1) is 5.92 Å². The molecule has 0 bridgehead atoms. The molecule has 0 radical (unpaired) electrons. The zero-order chi connectivity index (χ0) is 19.0. The van der Waals surface area contributed by atoms with Crippen molar-refractivity contribution < 1.29 is 14.4 Å². The van der Waals surface area contributed by atoms with E-state index >= 15 is 0 Å². The Balaban J connectivity index is 1.51. The molecule has 1 saturated carbocycles. The van der Waals surface area contributed by atoms with Gasteiger partial charge in [0, 0.05) is 56.1 Å². The number of hydrogen-bond acceptors (Lipinski definition) is 6. The number of hydrogen-bond donors (Lipinski definition) is 2. The SMILES string of the molecule is CC(=O)N[C@H]1C[C@H]2CN(Cc3nccs3)C[C@H](NC(=O)C3CC3)C(=O)N2C1. The Bertz CT molecular complexity index is 721. The molecule has 3 amide bonds. The number of amides is 3. The maximum absolute atomic E-state index is 13.1. The second-order valence-electron chi connectivity index (χ2n) is 7.73. The molecular formula is C18H25N5O3S. The van der Waals surface area contributed by atoms with E-state index in [-0.39, 0.29) is 35.7 Å². The fraction of sp³-hybridized carbons (Fsp3) is 0.667. The summed E-state index contributed by atoms with van der Waals surface area (Å²) in [6, 6.07) is -0.535. The van der Waals surface area contributed by atoms with E-state index in [4.69, 9.17) is 0 Å². The minimum Gasteiger partial charge on any atom is -0.352 e. The Morgan fingerprint density at radius 2 is 2.07 bits per heavy atom. The predicted octanol–water partition coefficient (Wildman–Crippen LogP) is -0.0409. The molecule has 2 N–H and O–H groups in total. The molecule has 0 spiro atoms. The highest BCUT2D eigenvalue weighted by Gasteiger charge is 2.43. The third-order valence-corrected chi connectivity index (χ3v) is 6.18. The lowest BCUT2D eigenvalue weighted by Crippen LogP contribution is -2.52. The Hall–Kier alpha value is -2.00. The van der Waals surface area contributed by atoms with Gasteiger partial charge in [-0.25, -0.2) is 4.98 Å². The van der Waals surface area contributed by atoms with E-state index < -0.39 is 6.04 Å². The number of aromatic nitrogens is 1. The molecule has 3 fully saturated rings. The molecule has 9 heteroatoms. The quantitative estimate of drug-likeness (QED) is 0.735. The average molecular weight is 391 g/mol. The van der Waals surface area contributed by atoms with Gasteiger partial charge in [-0.3, -0.25) is 19.3 Å². The monoisotopic (exact) mass is 391 g/mol. The van der Waals surface area contributed by atoms with Gasteiger partial charge in [0.1, 0.15) is 11.0 Å². The van der Waals surface area contributed by atoms with Crippen LogP contribution in [0.15, 0.2) is 11.6 Å². The van der Waals surface area contributed by atoms with E-state index in [1.54, 1.807) is 17.5 Å². The van der Waals surface area contributed by atoms with Gasteiger partial charge in [-0.15, -0.1) is 11.3 Å². The molecule has 1 aliphatic carbocycles. The highest BCUT2D eigenvalue weighted by molar-refractivity contribution is 7.09. The molecule has 4 rings (SSSR count). The van der Waals surface area contributed by atoms with Gasteiger partial charge in [0.2, 0.25) is 17.7 Å². The van der Waals surface area contributed by atoms with Crippen molar-refractivity contribution in [3.63, 3.8) is 0 Å². The van der Waals surface area contributed by atoms with Crippen LogP contribution < -0.4 is 10.6 Å². The van der Waals surface area contributed by atoms with Crippen LogP contribution in [0.3, 0.4) is 0 Å². The average Bonchev–Trinajstić information content (AvgIpc) is 3.24. The number of rotatable bonds is 5. The van der Waals surface area contributed by atoms with Crippen LogP contribution in [-0.4, -0.2) is 70.3 Å². The second kappa shape index (κ2) is 7.55. The highest BCUT2D eigenvalue weighted by atomic mass is 32.1. The highest BCUT2D eigenvalue weighted by Crippen LogP contribution is 2.30. The summed E-state index contributed by atoms with van der Waals surface area (Å²) < 4.78 is 0. The van der Waals surface area contributed by atoms with Crippen LogP contribution >= 0.6 is 11.3 Å². The molecule has 0 aromatic carbocycles. The van der Waals surface area contributed by atoms with Crippen LogP contribution in [0.25, 0.3) is 0 Å². The van der Waals surface area contributed by atoms with Crippen LogP contribution in [0.1, 0.15) is 31.2 Å². The topological polar surface area (TPSA) is 94.6 Å². The molecule has 0 unspecified atom stereocenters. The van der Waals surface area contributed by atoms with Crippen molar-refractivity contribution in [2.24, 2.45) is 5.92 Å². The first-order chi connectivity index (χ1) is 13.0. The number of nitrogens with zero attached hydrogens (tertiary/aromatic N) is 3. The molecule has 2 saturated heterocycles. The van der Waals surface area contributed by atoms with Crippen molar-refractivity contribution in [1.82, 2.24) is 25.4 Å². The van der Waals surface area contributed by atoms with Crippen molar-refractivity contribution in [2.75, 3.05) is 19.6 Å². The Morgan fingerprint density at radius 1 is 1.26 bits per heavy atom. The summed E-state index contributed by atoms with van der Waals surface area (Å²) in [6.07, 6.45) is 4.34. The van der Waals surface area contributed by atoms with Crippen molar-refractivity contribution >= 4 is 29.1 Å². The van der Waals surface area contributed by atoms with Gasteiger partial charge in [-0.2, -0.15) is 0 Å². The van der Waals surface area contributed by atoms with E-state index in [9.17, 15) is 14.4 Å². The van der Waals surface area contributed by atoms with Crippen molar-refractivity contribution in [3.8, 4) is 0 Å². The van der Waals surface area contributed by atoms with E-state index in [2.05, 4.69) is 20.5 Å². The lowest BCUT2D eigenvalue weighted by atomic mass is 10.1. The summed E-state index contributed by atoms with van der Waals surface area (Å²) in [5.74, 6) is -0.0691. The molecule has 2 aliphatic heterocycles. The van der Waals surface area contributed by atoms with E-state index in [1.165, 1.54) is 6.92 Å². The normalized spacial score (nSPS) is 28.6. The van der Waals surface area contributed by atoms with Gasteiger partial charge in [-0.1, -0.05) is 0 Å². The van der Waals surface area contributed by atoms with Gasteiger partial charge in [-0.05, 0) is 19.3 Å². The Labute approximate surface area is 162 Å². The number of nitrogens with one attached hydrogen (secondary N) is 2. The Kier molecular flexibility index (Phi) is 5.14. The third-order valence-electron chi connectivity index (χ3n) is 5.42. The fourth-order valence-corrected chi connectivity index (χ4v) is 4.71. The summed E-state index contributed by atoms with van der Waals surface area (Å²) in [6.45, 7) is 3.88. The molecule has 8 nitrogen and oxygen atoms in total. The first kappa shape index (κ1) is 18.4.